The molecule has 0 saturated heterocycles. The number of aromatic nitrogens is 1. The summed E-state index contributed by atoms with van der Waals surface area (Å²) >= 11 is 1.87. The number of para-hydroxylation sites is 2. The maximum absolute atomic E-state index is 6.34. The molecule has 3 aliphatic carbocycles. The minimum Gasteiger partial charge on any atom is -0.310 e. The van der Waals surface area contributed by atoms with Gasteiger partial charge in [-0.05, 0) is 116 Å². The fourth-order valence-corrected chi connectivity index (χ4v) is 11.7. The van der Waals surface area contributed by atoms with Gasteiger partial charge in [0, 0.05) is 64.5 Å². The summed E-state index contributed by atoms with van der Waals surface area (Å²) < 4.78 is 5.01. The van der Waals surface area contributed by atoms with Crippen LogP contribution in [0.15, 0.2) is 164 Å². The Hall–Kier alpha value is -6.08. The van der Waals surface area contributed by atoms with Crippen molar-refractivity contribution in [2.24, 2.45) is 11.3 Å². The summed E-state index contributed by atoms with van der Waals surface area (Å²) in [7, 11) is 0. The fourth-order valence-electron chi connectivity index (χ4n) is 10.6. The number of fused-ring (bicyclic) bond motifs is 9. The van der Waals surface area contributed by atoms with Crippen LogP contribution in [0.3, 0.4) is 0 Å². The topological polar surface area (TPSA) is 8.17 Å². The van der Waals surface area contributed by atoms with Gasteiger partial charge in [0.2, 0.25) is 0 Å². The maximum atomic E-state index is 6.34. The van der Waals surface area contributed by atoms with Crippen molar-refractivity contribution < 1.29 is 0 Å². The quantitative estimate of drug-likeness (QED) is 0.154. The minimum absolute atomic E-state index is 0.0591. The van der Waals surface area contributed by atoms with Gasteiger partial charge in [0.05, 0.1) is 11.0 Å². The van der Waals surface area contributed by atoms with Crippen molar-refractivity contribution in [1.82, 2.24) is 4.57 Å². The Kier molecular flexibility index (Phi) is 7.57. The minimum atomic E-state index is -0.0843. The maximum Gasteiger partial charge on any atom is 0.0541 e. The van der Waals surface area contributed by atoms with Crippen LogP contribution in [0.25, 0.3) is 58.8 Å². The van der Waals surface area contributed by atoms with Crippen LogP contribution >= 0.6 is 11.3 Å². The van der Waals surface area contributed by atoms with Gasteiger partial charge in [-0.2, -0.15) is 0 Å². The van der Waals surface area contributed by atoms with Crippen molar-refractivity contribution in [3.05, 3.63) is 169 Å². The number of benzene rings is 7. The van der Waals surface area contributed by atoms with Crippen LogP contribution in [0.2, 0.25) is 0 Å². The van der Waals surface area contributed by atoms with E-state index in [1.807, 2.05) is 11.3 Å². The number of hydrogen-bond acceptors (Lipinski definition) is 2. The second-order valence-electron chi connectivity index (χ2n) is 16.2. The first-order valence-corrected chi connectivity index (χ1v) is 20.9. The van der Waals surface area contributed by atoms with Crippen LogP contribution in [-0.4, -0.2) is 4.57 Å². The first-order chi connectivity index (χ1) is 27.5. The predicted octanol–water partition coefficient (Wildman–Crippen LogP) is 14.8. The Morgan fingerprint density at radius 2 is 1.25 bits per heavy atom. The van der Waals surface area contributed by atoms with E-state index in [9.17, 15) is 0 Å². The van der Waals surface area contributed by atoms with Crippen molar-refractivity contribution in [3.63, 3.8) is 0 Å². The molecule has 2 heterocycles. The van der Waals surface area contributed by atoms with Gasteiger partial charge < -0.3 is 9.47 Å². The smallest absolute Gasteiger partial charge is 0.0541 e. The Labute approximate surface area is 332 Å². The van der Waals surface area contributed by atoms with Crippen molar-refractivity contribution in [2.75, 3.05) is 4.90 Å². The third kappa shape index (κ3) is 4.89. The van der Waals surface area contributed by atoms with E-state index >= 15 is 0 Å². The summed E-state index contributed by atoms with van der Waals surface area (Å²) in [5.41, 5.74) is 10.7. The molecule has 56 heavy (non-hydrogen) atoms. The number of terminal acetylenes is 1. The van der Waals surface area contributed by atoms with Gasteiger partial charge in [-0.15, -0.1) is 17.8 Å². The summed E-state index contributed by atoms with van der Waals surface area (Å²) in [6, 6.07) is 60.6. The van der Waals surface area contributed by atoms with E-state index < -0.39 is 0 Å². The van der Waals surface area contributed by atoms with Gasteiger partial charge in [0.15, 0.2) is 0 Å². The summed E-state index contributed by atoms with van der Waals surface area (Å²) in [6.07, 6.45) is 12.5. The van der Waals surface area contributed by atoms with Crippen molar-refractivity contribution in [2.45, 2.75) is 44.4 Å². The molecule has 9 aromatic rings. The molecule has 3 saturated carbocycles. The van der Waals surface area contributed by atoms with E-state index in [-0.39, 0.29) is 10.8 Å². The predicted molar refractivity (Wildman–Crippen MR) is 239 cm³/mol. The molecule has 0 amide bonds. The molecule has 2 unspecified atom stereocenters. The van der Waals surface area contributed by atoms with Gasteiger partial charge in [-0.1, -0.05) is 116 Å². The summed E-state index contributed by atoms with van der Waals surface area (Å²) in [5, 5.41) is 5.17. The van der Waals surface area contributed by atoms with Gasteiger partial charge in [-0.3, -0.25) is 0 Å². The molecule has 3 aliphatic rings. The number of hydrogen-bond donors (Lipinski definition) is 0. The molecule has 2 bridgehead atoms. The summed E-state index contributed by atoms with van der Waals surface area (Å²) in [6.45, 7) is 2.36. The van der Waals surface area contributed by atoms with Crippen LogP contribution in [0.4, 0.5) is 17.1 Å². The van der Waals surface area contributed by atoms with Crippen LogP contribution in [-0.2, 0) is 5.41 Å². The molecule has 3 atom stereocenters. The van der Waals surface area contributed by atoms with E-state index in [4.69, 9.17) is 6.42 Å². The third-order valence-corrected chi connectivity index (χ3v) is 14.7. The molecule has 2 aromatic heterocycles. The number of anilines is 3. The van der Waals surface area contributed by atoms with Crippen molar-refractivity contribution in [3.8, 4) is 29.2 Å². The second-order valence-corrected chi connectivity index (χ2v) is 17.3. The number of rotatable bonds is 6. The SMILES string of the molecule is C#C[C@]1(C)C2CCCCC1(c1ccc(N(c3cccc(-c4cccc(-n5c6ccccc6c6ccccc65)c4)c3)c3ccc4c(c3)sc3ccccc34)cc1)C2. The Bertz CT molecular complexity index is 2960. The van der Waals surface area contributed by atoms with Crippen LogP contribution in [0.1, 0.15) is 44.6 Å². The third-order valence-electron chi connectivity index (χ3n) is 13.5. The highest BCUT2D eigenvalue weighted by Crippen LogP contribution is 2.66. The largest absolute Gasteiger partial charge is 0.310 e. The van der Waals surface area contributed by atoms with Crippen LogP contribution in [0, 0.1) is 23.7 Å². The van der Waals surface area contributed by atoms with E-state index in [1.54, 1.807) is 0 Å². The summed E-state index contributed by atoms with van der Waals surface area (Å²) in [5.74, 6) is 3.94. The van der Waals surface area contributed by atoms with Crippen LogP contribution in [0.5, 0.6) is 0 Å². The van der Waals surface area contributed by atoms with Crippen molar-refractivity contribution >= 4 is 70.4 Å². The standard InChI is InChI=1S/C53H42N2S/c1-3-52(2)39-16-10-11-31-53(52,35-39)38-25-27-40(28-26-38)54(43-29-30-47-46-21-6-9-24-50(46)56-51(47)34-43)41-17-12-14-36(32-41)37-15-13-18-42(33-37)55-48-22-7-4-19-44(48)45-20-5-8-23-49(45)55/h1,4-9,12-15,17-30,32-34,39H,10-11,16,31,35H2,2H3/t39?,52-,53?/m1/s1. The van der Waals surface area contributed by atoms with Crippen LogP contribution < -0.4 is 4.90 Å². The number of nitrogens with zero attached hydrogens (tertiary/aromatic N) is 2. The second kappa shape index (κ2) is 12.7. The van der Waals surface area contributed by atoms with Gasteiger partial charge >= 0.3 is 0 Å². The molecular formula is C53H42N2S. The Morgan fingerprint density at radius 3 is 2.02 bits per heavy atom. The molecule has 0 radical (unpaired) electrons. The molecule has 270 valence electrons. The molecule has 3 fully saturated rings. The van der Waals surface area contributed by atoms with E-state index in [2.05, 4.69) is 186 Å². The summed E-state index contributed by atoms with van der Waals surface area (Å²) in [4.78, 5) is 2.43. The first-order valence-electron chi connectivity index (χ1n) is 20.0. The lowest BCUT2D eigenvalue weighted by Crippen LogP contribution is -2.57. The van der Waals surface area contributed by atoms with Gasteiger partial charge in [0.25, 0.3) is 0 Å². The highest BCUT2D eigenvalue weighted by atomic mass is 32.1. The zero-order chi connectivity index (χ0) is 37.4. The molecule has 0 spiro atoms. The molecule has 12 rings (SSSR count). The molecule has 0 N–H and O–H groups in total. The Morgan fingerprint density at radius 1 is 0.607 bits per heavy atom. The molecular weight excluding hydrogens is 697 g/mol. The normalized spacial score (nSPS) is 20.5. The van der Waals surface area contributed by atoms with Gasteiger partial charge in [-0.25, -0.2) is 0 Å². The van der Waals surface area contributed by atoms with E-state index in [0.29, 0.717) is 5.92 Å². The number of thiophene rings is 1. The lowest BCUT2D eigenvalue weighted by atomic mass is 9.42. The zero-order valence-corrected chi connectivity index (χ0v) is 32.4. The molecule has 3 heteroatoms. The fraction of sp³-hybridized carbons (Fsp3) is 0.170. The lowest BCUT2D eigenvalue weighted by Gasteiger charge is -2.60. The first kappa shape index (κ1) is 33.3. The van der Waals surface area contributed by atoms with E-state index in [1.165, 1.54) is 90.8 Å². The molecule has 2 nitrogen and oxygen atoms in total. The monoisotopic (exact) mass is 738 g/mol. The Balaban J connectivity index is 1.03. The zero-order valence-electron chi connectivity index (χ0n) is 31.6. The van der Waals surface area contributed by atoms with Crippen molar-refractivity contribution in [1.29, 1.82) is 0 Å². The molecule has 0 aliphatic heterocycles. The molecule has 7 aromatic carbocycles. The average Bonchev–Trinajstić information content (AvgIpc) is 3.63. The highest BCUT2D eigenvalue weighted by Gasteiger charge is 2.62. The van der Waals surface area contributed by atoms with Gasteiger partial charge in [0.1, 0.15) is 0 Å². The van der Waals surface area contributed by atoms with E-state index in [0.717, 1.165) is 22.7 Å². The lowest BCUT2D eigenvalue weighted by molar-refractivity contribution is -0.0160. The highest BCUT2D eigenvalue weighted by molar-refractivity contribution is 7.25. The average molecular weight is 739 g/mol.